The zero-order valence-electron chi connectivity index (χ0n) is 14.3. The van der Waals surface area contributed by atoms with E-state index in [2.05, 4.69) is 22.4 Å². The molecular formula is C20H18N4O2. The number of fused-ring (bicyclic) bond motifs is 1. The fraction of sp³-hybridized carbons (Fsp3) is 0.100. The van der Waals surface area contributed by atoms with Gasteiger partial charge in [-0.2, -0.15) is 0 Å². The van der Waals surface area contributed by atoms with Crippen molar-refractivity contribution in [2.24, 2.45) is 0 Å². The summed E-state index contributed by atoms with van der Waals surface area (Å²) < 4.78 is 7.20. The first-order chi connectivity index (χ1) is 12.8. The van der Waals surface area contributed by atoms with Crippen LogP contribution in [-0.4, -0.2) is 26.6 Å². The first-order valence-electron chi connectivity index (χ1n) is 8.23. The summed E-state index contributed by atoms with van der Waals surface area (Å²) in [6.07, 6.45) is 5.31. The quantitative estimate of drug-likeness (QED) is 0.576. The van der Waals surface area contributed by atoms with Gasteiger partial charge in [-0.05, 0) is 23.8 Å². The molecule has 0 atom stereocenters. The normalized spacial score (nSPS) is 10.8. The number of rotatable bonds is 5. The van der Waals surface area contributed by atoms with E-state index in [9.17, 15) is 5.11 Å². The summed E-state index contributed by atoms with van der Waals surface area (Å²) in [6.45, 7) is 0.666. The minimum atomic E-state index is 0.0977. The molecule has 0 saturated heterocycles. The van der Waals surface area contributed by atoms with Gasteiger partial charge in [0.25, 0.3) is 0 Å². The molecule has 0 fully saturated rings. The largest absolute Gasteiger partial charge is 0.504 e. The maximum absolute atomic E-state index is 9.87. The van der Waals surface area contributed by atoms with E-state index >= 15 is 0 Å². The molecule has 4 rings (SSSR count). The van der Waals surface area contributed by atoms with Crippen LogP contribution in [0.3, 0.4) is 0 Å². The molecule has 0 radical (unpaired) electrons. The summed E-state index contributed by atoms with van der Waals surface area (Å²) in [5, 5.41) is 13.3. The van der Waals surface area contributed by atoms with Crippen molar-refractivity contribution < 1.29 is 9.84 Å². The molecule has 0 unspecified atom stereocenters. The summed E-state index contributed by atoms with van der Waals surface area (Å²) in [5.74, 6) is 1.37. The van der Waals surface area contributed by atoms with Crippen LogP contribution in [-0.2, 0) is 6.54 Å². The van der Waals surface area contributed by atoms with Crippen molar-refractivity contribution in [3.8, 4) is 22.8 Å². The number of ether oxygens (including phenoxy) is 1. The topological polar surface area (TPSA) is 71.7 Å². The predicted octanol–water partition coefficient (Wildman–Crippen LogP) is 3.72. The zero-order chi connectivity index (χ0) is 17.9. The average Bonchev–Trinajstić information content (AvgIpc) is 3.06. The first kappa shape index (κ1) is 16.0. The van der Waals surface area contributed by atoms with Gasteiger partial charge < -0.3 is 15.2 Å². The molecular weight excluding hydrogens is 328 g/mol. The number of anilines is 1. The molecule has 4 aromatic rings. The molecule has 0 spiro atoms. The number of nitrogens with one attached hydrogen (secondary N) is 1. The van der Waals surface area contributed by atoms with E-state index in [4.69, 9.17) is 9.72 Å². The highest BCUT2D eigenvalue weighted by atomic mass is 16.5. The number of benzene rings is 2. The third-order valence-corrected chi connectivity index (χ3v) is 4.19. The summed E-state index contributed by atoms with van der Waals surface area (Å²) in [4.78, 5) is 8.85. The number of methoxy groups -OCH3 is 1. The Morgan fingerprint density at radius 2 is 2.00 bits per heavy atom. The number of aromatic hydroxyl groups is 1. The van der Waals surface area contributed by atoms with E-state index in [0.29, 0.717) is 12.3 Å². The molecule has 0 saturated carbocycles. The van der Waals surface area contributed by atoms with Crippen LogP contribution in [0.25, 0.3) is 16.9 Å². The van der Waals surface area contributed by atoms with Gasteiger partial charge in [0.1, 0.15) is 11.5 Å². The molecule has 2 aromatic heterocycles. The van der Waals surface area contributed by atoms with Crippen LogP contribution in [0.2, 0.25) is 0 Å². The molecule has 6 heteroatoms. The number of phenols is 1. The number of imidazole rings is 1. The third kappa shape index (κ3) is 2.93. The van der Waals surface area contributed by atoms with Crippen LogP contribution in [0.15, 0.2) is 67.1 Å². The maximum atomic E-state index is 9.87. The summed E-state index contributed by atoms with van der Waals surface area (Å²) >= 11 is 0. The van der Waals surface area contributed by atoms with Crippen LogP contribution in [0.1, 0.15) is 5.56 Å². The Bertz CT molecular complexity index is 1040. The second-order valence-electron chi connectivity index (χ2n) is 5.84. The van der Waals surface area contributed by atoms with Crippen LogP contribution in [0, 0.1) is 0 Å². The van der Waals surface area contributed by atoms with Gasteiger partial charge in [0, 0.05) is 24.5 Å². The molecule has 6 nitrogen and oxygen atoms in total. The lowest BCUT2D eigenvalue weighted by molar-refractivity contribution is 0.373. The van der Waals surface area contributed by atoms with Gasteiger partial charge in [0.05, 0.1) is 13.3 Å². The SMILES string of the molecule is COc1cc(-c2nc3cnccn3c2NCc2ccccc2)ccc1O. The summed E-state index contributed by atoms with van der Waals surface area (Å²) in [7, 11) is 1.53. The van der Waals surface area contributed by atoms with Crippen LogP contribution in [0.4, 0.5) is 5.82 Å². The number of hydrogen-bond donors (Lipinski definition) is 2. The minimum absolute atomic E-state index is 0.0977. The van der Waals surface area contributed by atoms with Crippen LogP contribution >= 0.6 is 0 Å². The van der Waals surface area contributed by atoms with Gasteiger partial charge in [-0.25, -0.2) is 4.98 Å². The van der Waals surface area contributed by atoms with Crippen molar-refractivity contribution in [2.75, 3.05) is 12.4 Å². The monoisotopic (exact) mass is 346 g/mol. The highest BCUT2D eigenvalue weighted by molar-refractivity contribution is 5.77. The number of phenolic OH excluding ortho intramolecular Hbond substituents is 1. The van der Waals surface area contributed by atoms with Gasteiger partial charge in [-0.15, -0.1) is 0 Å². The highest BCUT2D eigenvalue weighted by Crippen LogP contribution is 2.35. The van der Waals surface area contributed by atoms with Gasteiger partial charge in [-0.1, -0.05) is 30.3 Å². The third-order valence-electron chi connectivity index (χ3n) is 4.19. The summed E-state index contributed by atoms with van der Waals surface area (Å²) in [5.41, 5.74) is 3.53. The number of nitrogens with zero attached hydrogens (tertiary/aromatic N) is 3. The molecule has 2 heterocycles. The van der Waals surface area contributed by atoms with E-state index in [1.54, 1.807) is 24.5 Å². The van der Waals surface area contributed by atoms with Crippen molar-refractivity contribution >= 4 is 11.5 Å². The molecule has 26 heavy (non-hydrogen) atoms. The smallest absolute Gasteiger partial charge is 0.161 e. The van der Waals surface area contributed by atoms with E-state index in [-0.39, 0.29) is 5.75 Å². The molecule has 2 N–H and O–H groups in total. The van der Waals surface area contributed by atoms with E-state index in [1.807, 2.05) is 34.9 Å². The van der Waals surface area contributed by atoms with Crippen molar-refractivity contribution in [2.45, 2.75) is 6.54 Å². The van der Waals surface area contributed by atoms with Crippen molar-refractivity contribution in [3.63, 3.8) is 0 Å². The lowest BCUT2D eigenvalue weighted by atomic mass is 10.1. The van der Waals surface area contributed by atoms with Gasteiger partial charge in [-0.3, -0.25) is 9.38 Å². The van der Waals surface area contributed by atoms with Gasteiger partial charge in [0.15, 0.2) is 17.1 Å². The Morgan fingerprint density at radius 3 is 2.81 bits per heavy atom. The standard InChI is InChI=1S/C20H18N4O2/c1-26-17-11-15(7-8-16(17)25)19-20(22-12-14-5-3-2-4-6-14)24-10-9-21-13-18(24)23-19/h2-11,13,22,25H,12H2,1H3. The Morgan fingerprint density at radius 1 is 1.15 bits per heavy atom. The molecule has 0 aliphatic carbocycles. The molecule has 0 aliphatic rings. The van der Waals surface area contributed by atoms with Crippen LogP contribution in [0.5, 0.6) is 11.5 Å². The lowest BCUT2D eigenvalue weighted by Gasteiger charge is -2.10. The second-order valence-corrected chi connectivity index (χ2v) is 5.84. The Balaban J connectivity index is 1.79. The second kappa shape index (κ2) is 6.76. The van der Waals surface area contributed by atoms with Crippen molar-refractivity contribution in [1.82, 2.24) is 14.4 Å². The number of hydrogen-bond acceptors (Lipinski definition) is 5. The highest BCUT2D eigenvalue weighted by Gasteiger charge is 2.15. The zero-order valence-corrected chi connectivity index (χ0v) is 14.3. The fourth-order valence-electron chi connectivity index (χ4n) is 2.88. The Labute approximate surface area is 150 Å². The maximum Gasteiger partial charge on any atom is 0.161 e. The first-order valence-corrected chi connectivity index (χ1v) is 8.23. The number of aromatic nitrogens is 3. The molecule has 0 bridgehead atoms. The average molecular weight is 346 g/mol. The van der Waals surface area contributed by atoms with Crippen molar-refractivity contribution in [3.05, 3.63) is 72.7 Å². The van der Waals surface area contributed by atoms with E-state index < -0.39 is 0 Å². The molecule has 2 aromatic carbocycles. The van der Waals surface area contributed by atoms with E-state index in [1.165, 1.54) is 12.7 Å². The minimum Gasteiger partial charge on any atom is -0.504 e. The van der Waals surface area contributed by atoms with E-state index in [0.717, 1.165) is 22.7 Å². The summed E-state index contributed by atoms with van der Waals surface area (Å²) in [6, 6.07) is 15.4. The Kier molecular flexibility index (Phi) is 4.15. The van der Waals surface area contributed by atoms with Crippen LogP contribution < -0.4 is 10.1 Å². The molecule has 0 amide bonds. The van der Waals surface area contributed by atoms with Gasteiger partial charge in [0.2, 0.25) is 0 Å². The molecule has 0 aliphatic heterocycles. The van der Waals surface area contributed by atoms with Gasteiger partial charge >= 0.3 is 0 Å². The molecule has 130 valence electrons. The fourth-order valence-corrected chi connectivity index (χ4v) is 2.88. The predicted molar refractivity (Wildman–Crippen MR) is 100 cm³/mol. The lowest BCUT2D eigenvalue weighted by Crippen LogP contribution is -2.03. The van der Waals surface area contributed by atoms with Crippen molar-refractivity contribution in [1.29, 1.82) is 0 Å². The Hall–Kier alpha value is -3.54.